The van der Waals surface area contributed by atoms with Crippen molar-refractivity contribution in [2.45, 2.75) is 25.2 Å². The summed E-state index contributed by atoms with van der Waals surface area (Å²) in [7, 11) is -3.92. The molecule has 0 aliphatic heterocycles. The van der Waals surface area contributed by atoms with Crippen LogP contribution >= 0.6 is 20.0 Å². The van der Waals surface area contributed by atoms with Gasteiger partial charge < -0.3 is 24.8 Å². The summed E-state index contributed by atoms with van der Waals surface area (Å²) in [5.74, 6) is -0.234. The van der Waals surface area contributed by atoms with E-state index in [9.17, 15) is 9.36 Å². The van der Waals surface area contributed by atoms with E-state index in [2.05, 4.69) is 5.32 Å². The molecule has 3 aromatic carbocycles. The van der Waals surface area contributed by atoms with Crippen LogP contribution in [-0.2, 0) is 15.9 Å². The van der Waals surface area contributed by atoms with Crippen LogP contribution in [0.5, 0.6) is 11.5 Å². The largest absolute Gasteiger partial charge is 0.453 e. The Balaban J connectivity index is 0.00000385. The third-order valence-corrected chi connectivity index (χ3v) is 6.59. The molecule has 1 atom stereocenters. The first-order valence-electron chi connectivity index (χ1n) is 10.4. The summed E-state index contributed by atoms with van der Waals surface area (Å²) >= 11 is 0. The number of carbonyl (C=O) groups excluding carboxylic acids is 1. The molecule has 3 N–H and O–H groups in total. The second-order valence-corrected chi connectivity index (χ2v) is 9.07. The quantitative estimate of drug-likeness (QED) is 0.332. The van der Waals surface area contributed by atoms with Crippen LogP contribution in [0.4, 0.5) is 4.79 Å². The number of benzene rings is 3. The van der Waals surface area contributed by atoms with Gasteiger partial charge in [-0.1, -0.05) is 66.7 Å². The highest BCUT2D eigenvalue weighted by atomic mass is 35.5. The van der Waals surface area contributed by atoms with E-state index in [1.807, 2.05) is 42.5 Å². The number of hydrogen-bond donors (Lipinski definition) is 2. The second-order valence-electron chi connectivity index (χ2n) is 7.00. The molecule has 3 rings (SSSR count). The van der Waals surface area contributed by atoms with Crippen LogP contribution in [-0.4, -0.2) is 18.4 Å². The second kappa shape index (κ2) is 13.5. The number of nitrogens with two attached hydrogens (primary N) is 1. The van der Waals surface area contributed by atoms with Crippen molar-refractivity contribution in [2.75, 3.05) is 6.54 Å². The van der Waals surface area contributed by atoms with Crippen LogP contribution in [0.2, 0.25) is 0 Å². The van der Waals surface area contributed by atoms with Crippen molar-refractivity contribution in [3.05, 3.63) is 96.6 Å². The number of amides is 1. The Kier molecular flexibility index (Phi) is 10.8. The van der Waals surface area contributed by atoms with Gasteiger partial charge in [0.15, 0.2) is 5.78 Å². The molecule has 3 aromatic rings. The molecule has 7 nitrogen and oxygen atoms in total. The summed E-state index contributed by atoms with van der Waals surface area (Å²) in [4.78, 5) is 12.5. The van der Waals surface area contributed by atoms with E-state index >= 15 is 0 Å². The summed E-state index contributed by atoms with van der Waals surface area (Å²) in [6.45, 7) is 0.438. The van der Waals surface area contributed by atoms with E-state index in [4.69, 9.17) is 19.5 Å². The third-order valence-electron chi connectivity index (χ3n) is 4.51. The molecular weight excluding hydrogens is 463 g/mol. The standard InChI is InChI=1S/C24H27N2O5P.ClH/c25-18-10-17-23(26-24(27)29-19-20-11-4-1-5-12-20)32(28,30-21-13-6-2-7-14-21)31-22-15-8-3-9-16-22;/h1-9,11-16,23H,10,17-19,25H2,(H,26,27);1H. The monoisotopic (exact) mass is 490 g/mol. The van der Waals surface area contributed by atoms with Crippen LogP contribution < -0.4 is 20.1 Å². The van der Waals surface area contributed by atoms with E-state index in [1.54, 1.807) is 48.5 Å². The highest BCUT2D eigenvalue weighted by Crippen LogP contribution is 2.53. The van der Waals surface area contributed by atoms with Gasteiger partial charge in [-0.25, -0.2) is 9.36 Å². The Labute approximate surface area is 200 Å². The first kappa shape index (κ1) is 26.3. The summed E-state index contributed by atoms with van der Waals surface area (Å²) in [5, 5.41) is 2.67. The van der Waals surface area contributed by atoms with Gasteiger partial charge >= 0.3 is 13.7 Å². The first-order valence-corrected chi connectivity index (χ1v) is 12.0. The summed E-state index contributed by atoms with van der Waals surface area (Å²) in [6.07, 6.45) is 0.0714. The number of hydrogen-bond acceptors (Lipinski definition) is 6. The predicted octanol–water partition coefficient (Wildman–Crippen LogP) is 5.75. The maximum atomic E-state index is 14.0. The zero-order valence-electron chi connectivity index (χ0n) is 18.0. The fourth-order valence-electron chi connectivity index (χ4n) is 2.92. The van der Waals surface area contributed by atoms with Crippen molar-refractivity contribution in [1.82, 2.24) is 5.32 Å². The molecule has 0 heterocycles. The average molecular weight is 491 g/mol. The molecule has 176 valence electrons. The molecule has 0 spiro atoms. The van der Waals surface area contributed by atoms with Gasteiger partial charge in [0.25, 0.3) is 0 Å². The molecule has 1 unspecified atom stereocenters. The van der Waals surface area contributed by atoms with Crippen molar-refractivity contribution >= 4 is 26.1 Å². The van der Waals surface area contributed by atoms with Crippen LogP contribution in [0.1, 0.15) is 18.4 Å². The van der Waals surface area contributed by atoms with Gasteiger partial charge in [0, 0.05) is 0 Å². The van der Waals surface area contributed by atoms with Crippen LogP contribution in [0, 0.1) is 0 Å². The van der Waals surface area contributed by atoms with Gasteiger partial charge in [-0.2, -0.15) is 0 Å². The minimum absolute atomic E-state index is 0. The Morgan fingerprint density at radius 2 is 1.33 bits per heavy atom. The van der Waals surface area contributed by atoms with E-state index in [0.717, 1.165) is 5.56 Å². The predicted molar refractivity (Wildman–Crippen MR) is 131 cm³/mol. The van der Waals surface area contributed by atoms with Crippen molar-refractivity contribution in [1.29, 1.82) is 0 Å². The minimum atomic E-state index is -3.92. The Bertz CT molecular complexity index is 964. The Morgan fingerprint density at radius 3 is 1.82 bits per heavy atom. The summed E-state index contributed by atoms with van der Waals surface area (Å²) in [6, 6.07) is 26.7. The molecule has 0 bridgehead atoms. The molecule has 0 saturated heterocycles. The molecular formula is C24H28ClN2O5P. The smallest absolute Gasteiger partial charge is 0.445 e. The number of alkyl carbamates (subject to hydrolysis) is 1. The molecule has 1 amide bonds. The van der Waals surface area contributed by atoms with Gasteiger partial charge in [0.1, 0.15) is 18.1 Å². The molecule has 0 saturated carbocycles. The third kappa shape index (κ3) is 8.46. The zero-order valence-corrected chi connectivity index (χ0v) is 19.8. The lowest BCUT2D eigenvalue weighted by Crippen LogP contribution is -2.38. The van der Waals surface area contributed by atoms with Crippen LogP contribution in [0.15, 0.2) is 91.0 Å². The lowest BCUT2D eigenvalue weighted by molar-refractivity contribution is 0.137. The topological polar surface area (TPSA) is 99.9 Å². The Morgan fingerprint density at radius 1 is 0.848 bits per heavy atom. The fourth-order valence-corrected chi connectivity index (χ4v) is 4.81. The van der Waals surface area contributed by atoms with Crippen LogP contribution in [0.3, 0.4) is 0 Å². The number of nitrogens with one attached hydrogen (secondary N) is 1. The molecule has 0 aliphatic carbocycles. The maximum Gasteiger partial charge on any atom is 0.453 e. The zero-order chi connectivity index (χ0) is 22.7. The van der Waals surface area contributed by atoms with Gasteiger partial charge in [0.2, 0.25) is 0 Å². The fraction of sp³-hybridized carbons (Fsp3) is 0.208. The van der Waals surface area contributed by atoms with E-state index in [0.29, 0.717) is 24.5 Å². The molecule has 0 fully saturated rings. The number of para-hydroxylation sites is 2. The van der Waals surface area contributed by atoms with Crippen molar-refractivity contribution in [3.63, 3.8) is 0 Å². The first-order chi connectivity index (χ1) is 15.6. The number of ether oxygens (including phenoxy) is 1. The molecule has 0 aromatic heterocycles. The van der Waals surface area contributed by atoms with Gasteiger partial charge in [-0.15, -0.1) is 12.4 Å². The number of halogens is 1. The highest BCUT2D eigenvalue weighted by molar-refractivity contribution is 7.55. The van der Waals surface area contributed by atoms with Gasteiger partial charge in [-0.05, 0) is 49.2 Å². The van der Waals surface area contributed by atoms with Crippen molar-refractivity contribution < 1.29 is 23.1 Å². The lowest BCUT2D eigenvalue weighted by Gasteiger charge is -2.28. The Hall–Kier alpha value is -2.99. The summed E-state index contributed by atoms with van der Waals surface area (Å²) in [5.41, 5.74) is 6.51. The lowest BCUT2D eigenvalue weighted by atomic mass is 10.2. The highest BCUT2D eigenvalue weighted by Gasteiger charge is 2.40. The van der Waals surface area contributed by atoms with Crippen LogP contribution in [0.25, 0.3) is 0 Å². The SMILES string of the molecule is Cl.NCCCC(NC(=O)OCc1ccccc1)P(=O)(Oc1ccccc1)Oc1ccccc1. The molecule has 0 radical (unpaired) electrons. The normalized spacial score (nSPS) is 11.5. The van der Waals surface area contributed by atoms with Crippen molar-refractivity contribution in [3.8, 4) is 11.5 Å². The number of rotatable bonds is 11. The summed E-state index contributed by atoms with van der Waals surface area (Å²) < 4.78 is 31.0. The van der Waals surface area contributed by atoms with E-state index in [1.165, 1.54) is 0 Å². The molecule has 9 heteroatoms. The van der Waals surface area contributed by atoms with Gasteiger partial charge in [0.05, 0.1) is 0 Å². The molecule has 0 aliphatic rings. The average Bonchev–Trinajstić information content (AvgIpc) is 2.82. The van der Waals surface area contributed by atoms with Crippen molar-refractivity contribution in [2.24, 2.45) is 5.73 Å². The number of carbonyl (C=O) groups is 1. The molecule has 33 heavy (non-hydrogen) atoms. The minimum Gasteiger partial charge on any atom is -0.445 e. The van der Waals surface area contributed by atoms with Gasteiger partial charge in [-0.3, -0.25) is 0 Å². The van der Waals surface area contributed by atoms with E-state index in [-0.39, 0.29) is 25.4 Å². The maximum absolute atomic E-state index is 14.0. The van der Waals surface area contributed by atoms with E-state index < -0.39 is 19.5 Å².